The molecule has 10 unspecified atom stereocenters. The van der Waals surface area contributed by atoms with Crippen molar-refractivity contribution in [3.05, 3.63) is 11.6 Å². The second-order valence-electron chi connectivity index (χ2n) is 13.5. The molecule has 0 radical (unpaired) electrons. The maximum absolute atomic E-state index is 13.3. The molecule has 10 atom stereocenters. The number of ketones is 1. The van der Waals surface area contributed by atoms with Gasteiger partial charge in [0.15, 0.2) is 5.78 Å². The fourth-order valence-corrected chi connectivity index (χ4v) is 8.53. The van der Waals surface area contributed by atoms with E-state index in [0.29, 0.717) is 50.5 Å². The second kappa shape index (κ2) is 8.60. The molecule has 3 saturated carbocycles. The normalized spacial score (nSPS) is 46.5. The summed E-state index contributed by atoms with van der Waals surface area (Å²) in [5, 5.41) is 66.0. The van der Waals surface area contributed by atoms with Crippen molar-refractivity contribution in [1.29, 1.82) is 0 Å². The van der Waals surface area contributed by atoms with Gasteiger partial charge in [-0.2, -0.15) is 0 Å². The van der Waals surface area contributed by atoms with Gasteiger partial charge in [0.2, 0.25) is 0 Å². The van der Waals surface area contributed by atoms with Gasteiger partial charge in [0.25, 0.3) is 0 Å². The summed E-state index contributed by atoms with van der Waals surface area (Å²) >= 11 is 0. The van der Waals surface area contributed by atoms with E-state index in [9.17, 15) is 35.4 Å². The molecule has 0 heterocycles. The lowest BCUT2D eigenvalue weighted by Crippen LogP contribution is -2.67. The number of allylic oxidation sites excluding steroid dienone is 1. The topological polar surface area (TPSA) is 138 Å². The first-order chi connectivity index (χ1) is 16.0. The summed E-state index contributed by atoms with van der Waals surface area (Å²) < 4.78 is 0. The zero-order valence-corrected chi connectivity index (χ0v) is 22.0. The third-order valence-corrected chi connectivity index (χ3v) is 10.8. The molecule has 0 aromatic rings. The first-order valence-electron chi connectivity index (χ1n) is 13.4. The van der Waals surface area contributed by atoms with E-state index in [-0.39, 0.29) is 30.5 Å². The second-order valence-corrected chi connectivity index (χ2v) is 13.5. The molecule has 0 saturated heterocycles. The zero-order chi connectivity index (χ0) is 26.2. The molecule has 4 aliphatic rings. The molecular formula is C28H46O7. The fraction of sp³-hybridized carbons (Fsp3) is 0.893. The van der Waals surface area contributed by atoms with Crippen LogP contribution in [-0.4, -0.2) is 71.5 Å². The highest BCUT2D eigenvalue weighted by molar-refractivity contribution is 5.95. The van der Waals surface area contributed by atoms with E-state index in [1.807, 2.05) is 13.8 Å². The Hall–Kier alpha value is -0.830. The molecule has 200 valence electrons. The molecule has 0 amide bonds. The third-order valence-electron chi connectivity index (χ3n) is 10.8. The smallest absolute Gasteiger partial charge is 0.159 e. The number of hydrogen-bond donors (Lipinski definition) is 6. The first-order valence-corrected chi connectivity index (χ1v) is 13.4. The molecule has 7 heteroatoms. The highest BCUT2D eigenvalue weighted by Gasteiger charge is 2.67. The minimum Gasteiger partial charge on any atom is -0.390 e. The van der Waals surface area contributed by atoms with Gasteiger partial charge in [0.1, 0.15) is 0 Å². The highest BCUT2D eigenvalue weighted by Crippen LogP contribution is 2.67. The van der Waals surface area contributed by atoms with Crippen LogP contribution in [0.25, 0.3) is 0 Å². The molecule has 7 nitrogen and oxygen atoms in total. The van der Waals surface area contributed by atoms with Gasteiger partial charge >= 0.3 is 0 Å². The number of hydrogen-bond acceptors (Lipinski definition) is 7. The quantitative estimate of drug-likeness (QED) is 0.345. The van der Waals surface area contributed by atoms with Crippen molar-refractivity contribution >= 4 is 5.78 Å². The number of rotatable bonds is 5. The van der Waals surface area contributed by atoms with Crippen LogP contribution in [0.3, 0.4) is 0 Å². The number of aliphatic hydroxyl groups excluding tert-OH is 3. The van der Waals surface area contributed by atoms with Crippen LogP contribution in [0.4, 0.5) is 0 Å². The Morgan fingerprint density at radius 3 is 2.34 bits per heavy atom. The fourth-order valence-electron chi connectivity index (χ4n) is 8.53. The van der Waals surface area contributed by atoms with Gasteiger partial charge in [-0.15, -0.1) is 0 Å². The van der Waals surface area contributed by atoms with Gasteiger partial charge in [0, 0.05) is 11.3 Å². The van der Waals surface area contributed by atoms with E-state index in [2.05, 4.69) is 0 Å². The average molecular weight is 495 g/mol. The number of fused-ring (bicyclic) bond motifs is 5. The van der Waals surface area contributed by atoms with Crippen LogP contribution in [0.15, 0.2) is 11.6 Å². The third kappa shape index (κ3) is 4.15. The monoisotopic (exact) mass is 494 g/mol. The van der Waals surface area contributed by atoms with Crippen LogP contribution in [-0.2, 0) is 4.79 Å². The minimum absolute atomic E-state index is 0.0887. The van der Waals surface area contributed by atoms with Crippen molar-refractivity contribution in [3.8, 4) is 0 Å². The summed E-state index contributed by atoms with van der Waals surface area (Å²) in [5.74, 6) is -0.962. The largest absolute Gasteiger partial charge is 0.390 e. The van der Waals surface area contributed by atoms with E-state index >= 15 is 0 Å². The van der Waals surface area contributed by atoms with Crippen LogP contribution in [0, 0.1) is 28.6 Å². The molecular weight excluding hydrogens is 448 g/mol. The molecule has 0 aliphatic heterocycles. The summed E-state index contributed by atoms with van der Waals surface area (Å²) in [6.45, 7) is 9.01. The van der Waals surface area contributed by atoms with Gasteiger partial charge in [-0.25, -0.2) is 0 Å². The first kappa shape index (κ1) is 27.2. The van der Waals surface area contributed by atoms with Gasteiger partial charge in [-0.05, 0) is 107 Å². The summed E-state index contributed by atoms with van der Waals surface area (Å²) in [7, 11) is 0. The van der Waals surface area contributed by atoms with Crippen molar-refractivity contribution in [2.45, 2.75) is 128 Å². The molecule has 6 N–H and O–H groups in total. The summed E-state index contributed by atoms with van der Waals surface area (Å²) in [5.41, 5.74) is -4.31. The molecule has 3 fully saturated rings. The Balaban J connectivity index is 1.70. The maximum Gasteiger partial charge on any atom is 0.159 e. The Bertz CT molecular complexity index is 875. The molecule has 4 rings (SSSR count). The SMILES string of the molecule is CC(C)(O)CCC(O)C(C)(O)C1CCCC2(O)C3=CC(=O)C4CC(O)C(O)CC4(C)C3CCC12C. The molecule has 0 aromatic carbocycles. The Morgan fingerprint density at radius 1 is 1.06 bits per heavy atom. The zero-order valence-electron chi connectivity index (χ0n) is 22.0. The Morgan fingerprint density at radius 2 is 1.71 bits per heavy atom. The molecule has 35 heavy (non-hydrogen) atoms. The lowest BCUT2D eigenvalue weighted by atomic mass is 9.41. The molecule has 4 aliphatic carbocycles. The van der Waals surface area contributed by atoms with Crippen LogP contribution in [0.2, 0.25) is 0 Å². The van der Waals surface area contributed by atoms with Crippen molar-refractivity contribution in [2.75, 3.05) is 0 Å². The van der Waals surface area contributed by atoms with Gasteiger partial charge in [0.05, 0.1) is 35.1 Å². The lowest BCUT2D eigenvalue weighted by molar-refractivity contribution is -0.220. The van der Waals surface area contributed by atoms with Crippen LogP contribution >= 0.6 is 0 Å². The number of carbonyl (C=O) groups is 1. The van der Waals surface area contributed by atoms with Crippen LogP contribution in [0.5, 0.6) is 0 Å². The predicted octanol–water partition coefficient (Wildman–Crippen LogP) is 2.24. The lowest BCUT2D eigenvalue weighted by Gasteiger charge is -2.65. The van der Waals surface area contributed by atoms with Crippen LogP contribution in [0.1, 0.15) is 92.4 Å². The van der Waals surface area contributed by atoms with Crippen LogP contribution < -0.4 is 0 Å². The van der Waals surface area contributed by atoms with Gasteiger partial charge < -0.3 is 30.6 Å². The number of aliphatic hydroxyl groups is 6. The predicted molar refractivity (Wildman–Crippen MR) is 131 cm³/mol. The van der Waals surface area contributed by atoms with E-state index in [1.54, 1.807) is 26.8 Å². The molecule has 0 spiro atoms. The van der Waals surface area contributed by atoms with Crippen molar-refractivity contribution in [2.24, 2.45) is 28.6 Å². The number of carbonyl (C=O) groups excluding carboxylic acids is 1. The summed E-state index contributed by atoms with van der Waals surface area (Å²) in [4.78, 5) is 13.3. The summed E-state index contributed by atoms with van der Waals surface area (Å²) in [6.07, 6.45) is 3.01. The van der Waals surface area contributed by atoms with Crippen molar-refractivity contribution in [1.82, 2.24) is 0 Å². The Kier molecular flexibility index (Phi) is 6.69. The molecule has 0 aromatic heterocycles. The van der Waals surface area contributed by atoms with E-state index in [1.165, 1.54) is 0 Å². The minimum atomic E-state index is -1.47. The molecule has 0 bridgehead atoms. The van der Waals surface area contributed by atoms with Gasteiger partial charge in [-0.3, -0.25) is 4.79 Å². The van der Waals surface area contributed by atoms with E-state index in [0.717, 1.165) is 0 Å². The summed E-state index contributed by atoms with van der Waals surface area (Å²) in [6, 6.07) is 0. The Labute approximate surface area is 209 Å². The maximum atomic E-state index is 13.3. The van der Waals surface area contributed by atoms with Crippen molar-refractivity contribution in [3.63, 3.8) is 0 Å². The average Bonchev–Trinajstić information content (AvgIpc) is 2.73. The highest BCUT2D eigenvalue weighted by atomic mass is 16.3. The standard InChI is InChI=1S/C28H46O7/c1-24(2,33)11-9-23(32)27(5,34)22-7-6-10-28(35)17-13-19(29)18-14-20(30)21(31)15-25(18,3)16(17)8-12-26(22,28)4/h13,16,18,20-23,30-35H,6-12,14-15H2,1-5H3. The van der Waals surface area contributed by atoms with E-state index in [4.69, 9.17) is 0 Å². The van der Waals surface area contributed by atoms with Crippen molar-refractivity contribution < 1.29 is 35.4 Å². The van der Waals surface area contributed by atoms with Gasteiger partial charge in [-0.1, -0.05) is 13.8 Å². The van der Waals surface area contributed by atoms with E-state index < -0.39 is 51.9 Å².